The number of ketones is 1. The number of nitrogen functional groups attached to an aromatic ring is 1. The second kappa shape index (κ2) is 22.5. The molecule has 2 aromatic carbocycles. The molecule has 5 N–H and O–H groups in total. The fourth-order valence-corrected chi connectivity index (χ4v) is 6.06. The van der Waals surface area contributed by atoms with Gasteiger partial charge < -0.3 is 21.7 Å². The van der Waals surface area contributed by atoms with Crippen molar-refractivity contribution in [3.05, 3.63) is 192 Å². The molecule has 6 rings (SSSR count). The van der Waals surface area contributed by atoms with E-state index in [1.165, 1.54) is 6.92 Å². The van der Waals surface area contributed by atoms with E-state index >= 15 is 0 Å². The molecule has 0 bridgehead atoms. The number of hydrogen-bond donors (Lipinski definition) is 4. The summed E-state index contributed by atoms with van der Waals surface area (Å²) in [6.07, 6.45) is 19.1. The normalized spacial score (nSPS) is 12.3. The van der Waals surface area contributed by atoms with Crippen LogP contribution in [-0.4, -0.2) is 26.9 Å². The van der Waals surface area contributed by atoms with Crippen LogP contribution in [0.1, 0.15) is 51.9 Å². The van der Waals surface area contributed by atoms with E-state index in [0.29, 0.717) is 46.4 Å². The molecular weight excluding hydrogens is 733 g/mol. The van der Waals surface area contributed by atoms with Gasteiger partial charge in [0, 0.05) is 41.5 Å². The lowest BCUT2D eigenvalue weighted by Crippen LogP contribution is -2.27. The van der Waals surface area contributed by atoms with Crippen LogP contribution < -0.4 is 32.0 Å². The molecular formula is C49H56N8O2. The maximum Gasteiger partial charge on any atom is 0.193 e. The van der Waals surface area contributed by atoms with Crippen molar-refractivity contribution in [2.75, 3.05) is 33.1 Å². The van der Waals surface area contributed by atoms with E-state index in [0.717, 1.165) is 47.0 Å². The van der Waals surface area contributed by atoms with Crippen LogP contribution in [0.25, 0.3) is 16.7 Å². The zero-order chi connectivity index (χ0) is 42.7. The summed E-state index contributed by atoms with van der Waals surface area (Å²) in [6, 6.07) is 26.8. The van der Waals surface area contributed by atoms with Crippen LogP contribution in [0.4, 0.5) is 28.7 Å². The van der Waals surface area contributed by atoms with Crippen LogP contribution in [0.2, 0.25) is 0 Å². The van der Waals surface area contributed by atoms with E-state index in [-0.39, 0.29) is 11.2 Å². The molecule has 1 aliphatic rings. The first-order chi connectivity index (χ1) is 28.6. The Balaban J connectivity index is 0.000000250. The molecule has 0 fully saturated rings. The molecule has 0 spiro atoms. The van der Waals surface area contributed by atoms with Crippen LogP contribution in [0.5, 0.6) is 0 Å². The molecule has 0 atom stereocenters. The van der Waals surface area contributed by atoms with Crippen molar-refractivity contribution in [1.29, 1.82) is 0 Å². The van der Waals surface area contributed by atoms with Gasteiger partial charge in [-0.05, 0) is 101 Å². The summed E-state index contributed by atoms with van der Waals surface area (Å²) in [6.45, 7) is 19.4. The molecule has 0 amide bonds. The first-order valence-electron chi connectivity index (χ1n) is 19.8. The third kappa shape index (κ3) is 12.1. The minimum absolute atomic E-state index is 0.0655. The Labute approximate surface area is 348 Å². The highest BCUT2D eigenvalue weighted by molar-refractivity contribution is 5.90. The fourth-order valence-electron chi connectivity index (χ4n) is 6.06. The van der Waals surface area contributed by atoms with E-state index in [2.05, 4.69) is 52.3 Å². The number of anilines is 5. The summed E-state index contributed by atoms with van der Waals surface area (Å²) in [7, 11) is 0. The number of carbonyl (C=O) groups is 1. The Bertz CT molecular complexity index is 2440. The summed E-state index contributed by atoms with van der Waals surface area (Å²) in [5.74, 6) is 1.81. The van der Waals surface area contributed by atoms with Gasteiger partial charge in [0.2, 0.25) is 0 Å². The van der Waals surface area contributed by atoms with Crippen LogP contribution >= 0.6 is 0 Å². The van der Waals surface area contributed by atoms with Gasteiger partial charge in [-0.1, -0.05) is 87.2 Å². The van der Waals surface area contributed by atoms with Crippen LogP contribution in [0, 0.1) is 13.8 Å². The highest BCUT2D eigenvalue weighted by Crippen LogP contribution is 2.28. The highest BCUT2D eigenvalue weighted by Gasteiger charge is 2.19. The van der Waals surface area contributed by atoms with Gasteiger partial charge in [-0.2, -0.15) is 0 Å². The third-order valence-corrected chi connectivity index (χ3v) is 8.75. The second-order valence-corrected chi connectivity index (χ2v) is 13.1. The molecule has 10 nitrogen and oxygen atoms in total. The van der Waals surface area contributed by atoms with Gasteiger partial charge in [0.1, 0.15) is 23.1 Å². The van der Waals surface area contributed by atoms with Gasteiger partial charge in [-0.3, -0.25) is 19.1 Å². The van der Waals surface area contributed by atoms with Gasteiger partial charge in [0.15, 0.2) is 11.2 Å². The van der Waals surface area contributed by atoms with Crippen molar-refractivity contribution >= 4 is 45.5 Å². The summed E-state index contributed by atoms with van der Waals surface area (Å²) < 4.78 is 2.00. The van der Waals surface area contributed by atoms with Crippen molar-refractivity contribution < 1.29 is 4.79 Å². The number of rotatable bonds is 14. The molecule has 3 heterocycles. The van der Waals surface area contributed by atoms with E-state index in [9.17, 15) is 9.59 Å². The molecule has 0 radical (unpaired) electrons. The Morgan fingerprint density at radius 1 is 0.949 bits per heavy atom. The Hall–Kier alpha value is -7.20. The van der Waals surface area contributed by atoms with Crippen molar-refractivity contribution in [2.24, 2.45) is 0 Å². The van der Waals surface area contributed by atoms with Crippen LogP contribution in [0.15, 0.2) is 175 Å². The molecule has 10 heteroatoms. The molecule has 0 saturated heterocycles. The monoisotopic (exact) mass is 788 g/mol. The summed E-state index contributed by atoms with van der Waals surface area (Å²) >= 11 is 0. The quantitative estimate of drug-likeness (QED) is 0.0493. The fraction of sp³-hybridized carbons (Fsp3) is 0.184. The molecule has 59 heavy (non-hydrogen) atoms. The van der Waals surface area contributed by atoms with Gasteiger partial charge >= 0.3 is 0 Å². The third-order valence-electron chi connectivity index (χ3n) is 8.75. The van der Waals surface area contributed by atoms with Crippen molar-refractivity contribution in [1.82, 2.24) is 14.5 Å². The summed E-state index contributed by atoms with van der Waals surface area (Å²) in [4.78, 5) is 36.3. The zero-order valence-corrected chi connectivity index (χ0v) is 35.0. The number of benzene rings is 2. The minimum Gasteiger partial charge on any atom is -0.397 e. The topological polar surface area (TPSA) is 130 Å². The number of nitrogens with one attached hydrogen (secondary N) is 3. The molecule has 1 aliphatic carbocycles. The average Bonchev–Trinajstić information content (AvgIpc) is 3.24. The number of hydrogen-bond acceptors (Lipinski definition) is 9. The molecule has 0 saturated carbocycles. The van der Waals surface area contributed by atoms with Gasteiger partial charge in [0.25, 0.3) is 0 Å². The standard InChI is InChI=1S/C24H24N4O.C23H26N4O.C2H6/c1-3-14-25-21-15-20-22(29)16-23(27-18-10-6-4-7-11-18)28(24(20)26-17(21)2)19-12-8-5-9-13-19;1-5-10-20(11-6-2)27(22-15-14-21(24)18(4)25-22)23(16-17(3)28)26-19-12-8-7-9-13-19;1-2/h3,5-6,8-13,15-16,25,27H,1,4,7,14H2,2H3;5-16,26H,1,24H2,2-4H3;1-2H3/b;11-6-,20-10+,23-16-;. The van der Waals surface area contributed by atoms with Crippen molar-refractivity contribution in [3.63, 3.8) is 0 Å². The predicted octanol–water partition coefficient (Wildman–Crippen LogP) is 10.9. The Kier molecular flexibility index (Phi) is 17.0. The van der Waals surface area contributed by atoms with E-state index in [1.54, 1.807) is 30.4 Å². The van der Waals surface area contributed by atoms with Gasteiger partial charge in [0.05, 0.1) is 28.1 Å². The SMILES string of the molecule is C=C/C=C(\C=C/C)N(/C(=C\C(C)=O)Nc1ccccc1)c1ccc(N)c(C)n1.C=CCNc1cc2c(=O)cc(NC3=CCCC=C3)n(-c3ccccc3)c2nc1C.CC. The molecule has 3 aromatic heterocycles. The minimum atomic E-state index is -0.0889. The number of fused-ring (bicyclic) bond motifs is 1. The largest absolute Gasteiger partial charge is 0.397 e. The summed E-state index contributed by atoms with van der Waals surface area (Å²) in [5, 5.41) is 10.6. The van der Waals surface area contributed by atoms with E-state index in [1.807, 2.05) is 135 Å². The first kappa shape index (κ1) is 44.5. The van der Waals surface area contributed by atoms with Gasteiger partial charge in [-0.15, -0.1) is 6.58 Å². The molecule has 0 unspecified atom stereocenters. The van der Waals surface area contributed by atoms with E-state index < -0.39 is 0 Å². The Morgan fingerprint density at radius 3 is 2.27 bits per heavy atom. The summed E-state index contributed by atoms with van der Waals surface area (Å²) in [5.41, 5.74) is 13.1. The average molecular weight is 789 g/mol. The lowest BCUT2D eigenvalue weighted by molar-refractivity contribution is -0.112. The number of aryl methyl sites for hydroxylation is 2. The van der Waals surface area contributed by atoms with Crippen LogP contribution in [-0.2, 0) is 4.79 Å². The van der Waals surface area contributed by atoms with Crippen molar-refractivity contribution in [3.8, 4) is 5.69 Å². The molecule has 304 valence electrons. The highest BCUT2D eigenvalue weighted by atomic mass is 16.1. The van der Waals surface area contributed by atoms with E-state index in [4.69, 9.17) is 10.7 Å². The first-order valence-corrected chi connectivity index (χ1v) is 19.8. The number of pyridine rings is 3. The number of carbonyl (C=O) groups excluding carboxylic acids is 1. The number of aromatic nitrogens is 3. The maximum atomic E-state index is 13.0. The van der Waals surface area contributed by atoms with Crippen molar-refractivity contribution in [2.45, 2.75) is 54.4 Å². The smallest absolute Gasteiger partial charge is 0.193 e. The zero-order valence-electron chi connectivity index (χ0n) is 35.0. The number of nitrogens with two attached hydrogens (primary N) is 1. The predicted molar refractivity (Wildman–Crippen MR) is 250 cm³/mol. The lowest BCUT2D eigenvalue weighted by atomic mass is 10.1. The van der Waals surface area contributed by atoms with Crippen LogP contribution in [0.3, 0.4) is 0 Å². The molecule has 5 aromatic rings. The second-order valence-electron chi connectivity index (χ2n) is 13.1. The number of para-hydroxylation sites is 2. The number of allylic oxidation sites excluding steroid dienone is 8. The molecule has 0 aliphatic heterocycles. The number of nitrogens with zero attached hydrogens (tertiary/aromatic N) is 4. The van der Waals surface area contributed by atoms with Gasteiger partial charge in [-0.25, -0.2) is 9.97 Å². The Morgan fingerprint density at radius 2 is 1.66 bits per heavy atom. The maximum absolute atomic E-state index is 13.0. The lowest BCUT2D eigenvalue weighted by Gasteiger charge is -2.28.